The van der Waals surface area contributed by atoms with Gasteiger partial charge in [-0.15, -0.1) is 0 Å². The number of aliphatic hydroxyl groups excluding tert-OH is 1. The van der Waals surface area contributed by atoms with Gasteiger partial charge in [-0.3, -0.25) is 0 Å². The van der Waals surface area contributed by atoms with Crippen molar-refractivity contribution in [3.8, 4) is 0 Å². The number of aliphatic hydroxyl groups is 1. The van der Waals surface area contributed by atoms with E-state index in [0.29, 0.717) is 11.8 Å². The molecule has 1 aromatic heterocycles. The van der Waals surface area contributed by atoms with Gasteiger partial charge in [0, 0.05) is 18.8 Å². The van der Waals surface area contributed by atoms with E-state index in [0.717, 1.165) is 30.2 Å². The van der Waals surface area contributed by atoms with Crippen LogP contribution >= 0.6 is 0 Å². The lowest BCUT2D eigenvalue weighted by atomic mass is 10.1. The van der Waals surface area contributed by atoms with Gasteiger partial charge in [0.1, 0.15) is 5.82 Å². The van der Waals surface area contributed by atoms with E-state index in [2.05, 4.69) is 37.6 Å². The van der Waals surface area contributed by atoms with Crippen LogP contribution in [0.3, 0.4) is 0 Å². The van der Waals surface area contributed by atoms with Gasteiger partial charge in [-0.05, 0) is 30.4 Å². The molecule has 1 heterocycles. The summed E-state index contributed by atoms with van der Waals surface area (Å²) in [5.74, 6) is 2.25. The maximum absolute atomic E-state index is 9.19. The van der Waals surface area contributed by atoms with Crippen LogP contribution in [0.5, 0.6) is 0 Å². The average Bonchev–Trinajstić information content (AvgIpc) is 2.26. The lowest BCUT2D eigenvalue weighted by Crippen LogP contribution is -2.32. The van der Waals surface area contributed by atoms with E-state index in [4.69, 9.17) is 0 Å². The molecule has 1 N–H and O–H groups in total. The second kappa shape index (κ2) is 6.74. The van der Waals surface area contributed by atoms with Gasteiger partial charge in [-0.2, -0.15) is 0 Å². The molecule has 0 saturated heterocycles. The van der Waals surface area contributed by atoms with Gasteiger partial charge in [0.05, 0.1) is 6.61 Å². The van der Waals surface area contributed by atoms with Crippen molar-refractivity contribution in [1.29, 1.82) is 0 Å². The lowest BCUT2D eigenvalue weighted by Gasteiger charge is -2.28. The molecule has 18 heavy (non-hydrogen) atoms. The Labute approximate surface area is 111 Å². The number of nitrogens with zero attached hydrogens (tertiary/aromatic N) is 2. The summed E-state index contributed by atoms with van der Waals surface area (Å²) >= 11 is 0. The van der Waals surface area contributed by atoms with E-state index in [9.17, 15) is 5.11 Å². The maximum atomic E-state index is 9.19. The molecule has 0 aromatic carbocycles. The summed E-state index contributed by atoms with van der Waals surface area (Å²) in [4.78, 5) is 6.95. The number of aromatic nitrogens is 1. The minimum absolute atomic E-state index is 0.0630. The maximum Gasteiger partial charge on any atom is 0.128 e. The SMILES string of the molecule is Cc1nc(N(CC(C)C)CC(C)C)ccc1CO. The van der Waals surface area contributed by atoms with Crippen molar-refractivity contribution in [3.05, 3.63) is 23.4 Å². The van der Waals surface area contributed by atoms with Crippen LogP contribution in [0.1, 0.15) is 39.0 Å². The quantitative estimate of drug-likeness (QED) is 0.843. The van der Waals surface area contributed by atoms with Crippen LogP contribution in [0.15, 0.2) is 12.1 Å². The van der Waals surface area contributed by atoms with Crippen molar-refractivity contribution in [2.45, 2.75) is 41.2 Å². The van der Waals surface area contributed by atoms with Crippen molar-refractivity contribution in [2.24, 2.45) is 11.8 Å². The Balaban J connectivity index is 2.93. The fraction of sp³-hybridized carbons (Fsp3) is 0.667. The van der Waals surface area contributed by atoms with Crippen LogP contribution < -0.4 is 4.90 Å². The Hall–Kier alpha value is -1.09. The third kappa shape index (κ3) is 4.30. The first kappa shape index (κ1) is 15.0. The Bertz CT molecular complexity index is 365. The van der Waals surface area contributed by atoms with Crippen LogP contribution in [0.4, 0.5) is 5.82 Å². The van der Waals surface area contributed by atoms with E-state index < -0.39 is 0 Å². The fourth-order valence-electron chi connectivity index (χ4n) is 2.06. The summed E-state index contributed by atoms with van der Waals surface area (Å²) in [7, 11) is 0. The molecule has 0 radical (unpaired) electrons. The van der Waals surface area contributed by atoms with Crippen LogP contribution in [0.2, 0.25) is 0 Å². The molecule has 0 atom stereocenters. The number of rotatable bonds is 6. The molecule has 0 unspecified atom stereocenters. The minimum atomic E-state index is 0.0630. The third-order valence-electron chi connectivity index (χ3n) is 2.85. The van der Waals surface area contributed by atoms with Crippen molar-refractivity contribution < 1.29 is 5.11 Å². The second-order valence-electron chi connectivity index (χ2n) is 5.76. The summed E-state index contributed by atoms with van der Waals surface area (Å²) in [6.07, 6.45) is 0. The summed E-state index contributed by atoms with van der Waals surface area (Å²) in [6.45, 7) is 13.0. The summed E-state index contributed by atoms with van der Waals surface area (Å²) in [5, 5.41) is 9.19. The average molecular weight is 250 g/mol. The molecule has 3 nitrogen and oxygen atoms in total. The molecule has 0 bridgehead atoms. The van der Waals surface area contributed by atoms with Crippen LogP contribution in [0, 0.1) is 18.8 Å². The largest absolute Gasteiger partial charge is 0.392 e. The molecule has 0 aliphatic heterocycles. The predicted octanol–water partition coefficient (Wildman–Crippen LogP) is 3.00. The first-order valence-corrected chi connectivity index (χ1v) is 6.76. The molecule has 3 heteroatoms. The van der Waals surface area contributed by atoms with Crippen LogP contribution in [0.25, 0.3) is 0 Å². The van der Waals surface area contributed by atoms with Crippen LogP contribution in [-0.4, -0.2) is 23.2 Å². The van der Waals surface area contributed by atoms with Gasteiger partial charge >= 0.3 is 0 Å². The first-order chi connectivity index (χ1) is 8.43. The Kier molecular flexibility index (Phi) is 5.60. The van der Waals surface area contributed by atoms with E-state index in [1.165, 1.54) is 0 Å². The Morgan fingerprint density at radius 3 is 2.06 bits per heavy atom. The van der Waals surface area contributed by atoms with E-state index in [-0.39, 0.29) is 6.61 Å². The number of anilines is 1. The monoisotopic (exact) mass is 250 g/mol. The van der Waals surface area contributed by atoms with Crippen molar-refractivity contribution >= 4 is 5.82 Å². The van der Waals surface area contributed by atoms with Gasteiger partial charge in [-0.1, -0.05) is 33.8 Å². The van der Waals surface area contributed by atoms with E-state index >= 15 is 0 Å². The van der Waals surface area contributed by atoms with Crippen LogP contribution in [-0.2, 0) is 6.61 Å². The standard InChI is InChI=1S/C15H26N2O/c1-11(2)8-17(9-12(3)4)15-7-6-14(10-18)13(5)16-15/h6-7,11-12,18H,8-10H2,1-5H3. The smallest absolute Gasteiger partial charge is 0.128 e. The van der Waals surface area contributed by atoms with Gasteiger partial charge < -0.3 is 10.0 Å². The normalized spacial score (nSPS) is 11.3. The van der Waals surface area contributed by atoms with Gasteiger partial charge in [-0.25, -0.2) is 4.98 Å². The number of aryl methyl sites for hydroxylation is 1. The molecule has 1 aromatic rings. The molecule has 0 aliphatic carbocycles. The Morgan fingerprint density at radius 2 is 1.67 bits per heavy atom. The highest BCUT2D eigenvalue weighted by molar-refractivity contribution is 5.41. The van der Waals surface area contributed by atoms with Crippen molar-refractivity contribution in [3.63, 3.8) is 0 Å². The highest BCUT2D eigenvalue weighted by Gasteiger charge is 2.12. The molecule has 0 saturated carbocycles. The van der Waals surface area contributed by atoms with Crippen molar-refractivity contribution in [1.82, 2.24) is 4.98 Å². The molecule has 0 amide bonds. The predicted molar refractivity (Wildman–Crippen MR) is 76.8 cm³/mol. The zero-order valence-corrected chi connectivity index (χ0v) is 12.3. The number of hydrogen-bond acceptors (Lipinski definition) is 3. The fourth-order valence-corrected chi connectivity index (χ4v) is 2.06. The topological polar surface area (TPSA) is 36.4 Å². The van der Waals surface area contributed by atoms with Gasteiger partial charge in [0.2, 0.25) is 0 Å². The molecular formula is C15H26N2O. The highest BCUT2D eigenvalue weighted by atomic mass is 16.3. The minimum Gasteiger partial charge on any atom is -0.392 e. The summed E-state index contributed by atoms with van der Waals surface area (Å²) < 4.78 is 0. The lowest BCUT2D eigenvalue weighted by molar-refractivity contribution is 0.280. The molecular weight excluding hydrogens is 224 g/mol. The third-order valence-corrected chi connectivity index (χ3v) is 2.85. The second-order valence-corrected chi connectivity index (χ2v) is 5.76. The molecule has 102 valence electrons. The number of hydrogen-bond donors (Lipinski definition) is 1. The first-order valence-electron chi connectivity index (χ1n) is 6.76. The highest BCUT2D eigenvalue weighted by Crippen LogP contribution is 2.17. The number of pyridine rings is 1. The molecule has 0 aliphatic rings. The van der Waals surface area contributed by atoms with Gasteiger partial charge in [0.15, 0.2) is 0 Å². The zero-order chi connectivity index (χ0) is 13.7. The zero-order valence-electron chi connectivity index (χ0n) is 12.3. The summed E-state index contributed by atoms with van der Waals surface area (Å²) in [5.41, 5.74) is 1.83. The molecule has 0 fully saturated rings. The summed E-state index contributed by atoms with van der Waals surface area (Å²) in [6, 6.07) is 3.99. The van der Waals surface area contributed by atoms with E-state index in [1.807, 2.05) is 19.1 Å². The molecule has 0 spiro atoms. The van der Waals surface area contributed by atoms with Crippen molar-refractivity contribution in [2.75, 3.05) is 18.0 Å². The Morgan fingerprint density at radius 1 is 1.11 bits per heavy atom. The van der Waals surface area contributed by atoms with E-state index in [1.54, 1.807) is 0 Å². The van der Waals surface area contributed by atoms with Gasteiger partial charge in [0.25, 0.3) is 0 Å². The molecule has 1 rings (SSSR count).